The monoisotopic (exact) mass is 337 g/mol. The quantitative estimate of drug-likeness (QED) is 0.911. The van der Waals surface area contributed by atoms with Crippen LogP contribution in [0.5, 0.6) is 0 Å². The van der Waals surface area contributed by atoms with Crippen molar-refractivity contribution in [1.82, 2.24) is 9.78 Å². The first-order chi connectivity index (χ1) is 12.2. The zero-order chi connectivity index (χ0) is 16.9. The van der Waals surface area contributed by atoms with Gasteiger partial charge < -0.3 is 10.1 Å². The van der Waals surface area contributed by atoms with Gasteiger partial charge in [-0.25, -0.2) is 4.68 Å². The Morgan fingerprint density at radius 1 is 1.32 bits per heavy atom. The van der Waals surface area contributed by atoms with E-state index in [0.717, 1.165) is 55.6 Å². The number of nitrogens with one attached hydrogen (secondary N) is 1. The number of hydrogen-bond acceptors (Lipinski definition) is 3. The van der Waals surface area contributed by atoms with Gasteiger partial charge in [-0.05, 0) is 50.2 Å². The number of rotatable bonds is 5. The fourth-order valence-corrected chi connectivity index (χ4v) is 3.99. The van der Waals surface area contributed by atoms with Gasteiger partial charge in [-0.3, -0.25) is 4.79 Å². The maximum atomic E-state index is 12.8. The highest BCUT2D eigenvalue weighted by molar-refractivity contribution is 5.94. The summed E-state index contributed by atoms with van der Waals surface area (Å²) < 4.78 is 7.37. The standard InChI is InChI=1S/C20H23N3O2/c24-19(17-12-20(17)8-9-25-13-20)21-18-11-15(10-14-6-7-14)22-23(18)16-4-2-1-3-5-16/h1-5,11,14,17H,6-10,12-13H2,(H,21,24). The molecule has 1 aromatic heterocycles. The number of aromatic nitrogens is 2. The minimum atomic E-state index is 0.0843. The summed E-state index contributed by atoms with van der Waals surface area (Å²) in [4.78, 5) is 12.8. The number of carbonyl (C=O) groups is 1. The molecular weight excluding hydrogens is 314 g/mol. The normalized spacial score (nSPS) is 27.6. The van der Waals surface area contributed by atoms with E-state index < -0.39 is 0 Å². The third-order valence-corrected chi connectivity index (χ3v) is 5.85. The highest BCUT2D eigenvalue weighted by Gasteiger charge is 2.59. The molecule has 1 aliphatic heterocycles. The van der Waals surface area contributed by atoms with Crippen molar-refractivity contribution in [3.8, 4) is 5.69 Å². The molecule has 130 valence electrons. The van der Waals surface area contributed by atoms with Crippen molar-refractivity contribution < 1.29 is 9.53 Å². The Bertz CT molecular complexity index is 789. The third-order valence-electron chi connectivity index (χ3n) is 5.85. The van der Waals surface area contributed by atoms with Gasteiger partial charge in [0, 0.05) is 24.0 Å². The summed E-state index contributed by atoms with van der Waals surface area (Å²) in [7, 11) is 0. The molecule has 2 unspecified atom stereocenters. The van der Waals surface area contributed by atoms with Crippen molar-refractivity contribution in [2.45, 2.75) is 32.1 Å². The van der Waals surface area contributed by atoms with E-state index >= 15 is 0 Å². The molecule has 25 heavy (non-hydrogen) atoms. The first kappa shape index (κ1) is 15.1. The number of carbonyl (C=O) groups excluding carboxylic acids is 1. The molecule has 3 fully saturated rings. The Morgan fingerprint density at radius 2 is 2.16 bits per heavy atom. The topological polar surface area (TPSA) is 56.2 Å². The summed E-state index contributed by atoms with van der Waals surface area (Å²) in [6.45, 7) is 1.52. The minimum Gasteiger partial charge on any atom is -0.381 e. The zero-order valence-corrected chi connectivity index (χ0v) is 14.3. The van der Waals surface area contributed by atoms with Crippen molar-refractivity contribution in [3.05, 3.63) is 42.1 Å². The Morgan fingerprint density at radius 3 is 2.88 bits per heavy atom. The fraction of sp³-hybridized carbons (Fsp3) is 0.500. The average molecular weight is 337 g/mol. The zero-order valence-electron chi connectivity index (χ0n) is 14.3. The van der Waals surface area contributed by atoms with Crippen LogP contribution in [0, 0.1) is 17.3 Å². The fourth-order valence-electron chi connectivity index (χ4n) is 3.99. The Balaban J connectivity index is 1.39. The molecule has 1 saturated heterocycles. The van der Waals surface area contributed by atoms with E-state index in [0.29, 0.717) is 0 Å². The van der Waals surface area contributed by atoms with E-state index in [-0.39, 0.29) is 17.2 Å². The number of para-hydroxylation sites is 1. The molecule has 3 aliphatic rings. The van der Waals surface area contributed by atoms with E-state index in [9.17, 15) is 4.79 Å². The van der Waals surface area contributed by atoms with Crippen LogP contribution in [-0.2, 0) is 16.0 Å². The maximum absolute atomic E-state index is 12.8. The van der Waals surface area contributed by atoms with Crippen molar-refractivity contribution in [1.29, 1.82) is 0 Å². The van der Waals surface area contributed by atoms with E-state index in [4.69, 9.17) is 9.84 Å². The largest absolute Gasteiger partial charge is 0.381 e. The predicted molar refractivity (Wildman–Crippen MR) is 94.6 cm³/mol. The lowest BCUT2D eigenvalue weighted by Crippen LogP contribution is -2.20. The highest BCUT2D eigenvalue weighted by Crippen LogP contribution is 2.58. The number of ether oxygens (including phenoxy) is 1. The lowest BCUT2D eigenvalue weighted by atomic mass is 10.0. The van der Waals surface area contributed by atoms with Gasteiger partial charge in [-0.15, -0.1) is 0 Å². The molecule has 0 radical (unpaired) electrons. The van der Waals surface area contributed by atoms with Crippen LogP contribution in [0.1, 0.15) is 31.4 Å². The van der Waals surface area contributed by atoms with Crippen LogP contribution in [0.25, 0.3) is 5.69 Å². The van der Waals surface area contributed by atoms with Crippen molar-refractivity contribution in [2.24, 2.45) is 17.3 Å². The smallest absolute Gasteiger partial charge is 0.229 e. The van der Waals surface area contributed by atoms with E-state index in [1.54, 1.807) is 0 Å². The molecule has 2 atom stereocenters. The molecule has 2 saturated carbocycles. The van der Waals surface area contributed by atoms with Gasteiger partial charge in [0.25, 0.3) is 0 Å². The minimum absolute atomic E-state index is 0.0843. The molecule has 1 spiro atoms. The maximum Gasteiger partial charge on any atom is 0.229 e. The molecule has 1 aromatic carbocycles. The second-order valence-corrected chi connectivity index (χ2v) is 7.83. The molecule has 1 N–H and O–H groups in total. The summed E-state index contributed by atoms with van der Waals surface area (Å²) >= 11 is 0. The molecule has 0 bridgehead atoms. The first-order valence-corrected chi connectivity index (χ1v) is 9.26. The van der Waals surface area contributed by atoms with Crippen LogP contribution >= 0.6 is 0 Å². The Labute approximate surface area is 147 Å². The molecular formula is C20H23N3O2. The van der Waals surface area contributed by atoms with Gasteiger partial charge in [0.2, 0.25) is 5.91 Å². The Kier molecular flexibility index (Phi) is 3.45. The van der Waals surface area contributed by atoms with Crippen LogP contribution in [0.15, 0.2) is 36.4 Å². The molecule has 1 amide bonds. The summed E-state index contributed by atoms with van der Waals surface area (Å²) in [5.41, 5.74) is 2.16. The second kappa shape index (κ2) is 5.70. The van der Waals surface area contributed by atoms with E-state index in [1.165, 1.54) is 12.8 Å². The van der Waals surface area contributed by atoms with Gasteiger partial charge >= 0.3 is 0 Å². The molecule has 2 aromatic rings. The molecule has 5 nitrogen and oxygen atoms in total. The van der Waals surface area contributed by atoms with Crippen LogP contribution in [0.4, 0.5) is 5.82 Å². The van der Waals surface area contributed by atoms with Crippen molar-refractivity contribution >= 4 is 11.7 Å². The van der Waals surface area contributed by atoms with Gasteiger partial charge in [0.05, 0.1) is 18.0 Å². The lowest BCUT2D eigenvalue weighted by Gasteiger charge is -2.10. The number of amides is 1. The van der Waals surface area contributed by atoms with Crippen molar-refractivity contribution in [3.63, 3.8) is 0 Å². The first-order valence-electron chi connectivity index (χ1n) is 9.26. The van der Waals surface area contributed by atoms with Crippen LogP contribution in [0.3, 0.4) is 0 Å². The van der Waals surface area contributed by atoms with Gasteiger partial charge in [-0.2, -0.15) is 5.10 Å². The summed E-state index contributed by atoms with van der Waals surface area (Å²) in [5.74, 6) is 1.75. The number of anilines is 1. The summed E-state index contributed by atoms with van der Waals surface area (Å²) in [6.07, 6.45) is 5.56. The van der Waals surface area contributed by atoms with E-state index in [1.807, 2.05) is 41.1 Å². The summed E-state index contributed by atoms with van der Waals surface area (Å²) in [6, 6.07) is 12.1. The average Bonchev–Trinajstić information content (AvgIpc) is 3.46. The van der Waals surface area contributed by atoms with Crippen LogP contribution < -0.4 is 5.32 Å². The molecule has 2 heterocycles. The van der Waals surface area contributed by atoms with Crippen LogP contribution in [-0.4, -0.2) is 28.9 Å². The van der Waals surface area contributed by atoms with Crippen molar-refractivity contribution in [2.75, 3.05) is 18.5 Å². The third kappa shape index (κ3) is 2.86. The SMILES string of the molecule is O=C(Nc1cc(CC2CC2)nn1-c1ccccc1)C1CC12CCOC2. The summed E-state index contributed by atoms with van der Waals surface area (Å²) in [5, 5.41) is 7.90. The highest BCUT2D eigenvalue weighted by atomic mass is 16.5. The predicted octanol–water partition coefficient (Wildman–Crippen LogP) is 3.19. The lowest BCUT2D eigenvalue weighted by molar-refractivity contribution is -0.118. The van der Waals surface area contributed by atoms with Crippen LogP contribution in [0.2, 0.25) is 0 Å². The van der Waals surface area contributed by atoms with Gasteiger partial charge in [0.1, 0.15) is 5.82 Å². The molecule has 2 aliphatic carbocycles. The van der Waals surface area contributed by atoms with Gasteiger partial charge in [-0.1, -0.05) is 18.2 Å². The number of hydrogen-bond donors (Lipinski definition) is 1. The Hall–Kier alpha value is -2.14. The number of nitrogens with zero attached hydrogens (tertiary/aromatic N) is 2. The number of benzene rings is 1. The second-order valence-electron chi connectivity index (χ2n) is 7.83. The molecule has 5 heteroatoms. The van der Waals surface area contributed by atoms with Gasteiger partial charge in [0.15, 0.2) is 0 Å². The van der Waals surface area contributed by atoms with E-state index in [2.05, 4.69) is 5.32 Å². The molecule has 5 rings (SSSR count).